The molecule has 2 atom stereocenters. The van der Waals surface area contributed by atoms with Crippen LogP contribution in [0.1, 0.15) is 12.8 Å². The molecule has 2 fully saturated rings. The van der Waals surface area contributed by atoms with Gasteiger partial charge in [-0.15, -0.1) is 0 Å². The van der Waals surface area contributed by atoms with Gasteiger partial charge in [0.1, 0.15) is 17.5 Å². The Hall–Kier alpha value is -2.62. The van der Waals surface area contributed by atoms with E-state index < -0.39 is 34.0 Å². The molecule has 0 bridgehead atoms. The molecule has 8 nitrogen and oxygen atoms in total. The Bertz CT molecular complexity index is 1040. The predicted octanol–water partition coefficient (Wildman–Crippen LogP) is 2.49. The molecule has 2 aliphatic rings. The minimum absolute atomic E-state index is 0.0950. The minimum Gasteiger partial charge on any atom is -0.457 e. The molecule has 2 aromatic rings. The first kappa shape index (κ1) is 19.7. The summed E-state index contributed by atoms with van der Waals surface area (Å²) in [6.07, 6.45) is 1.11. The van der Waals surface area contributed by atoms with E-state index >= 15 is 0 Å². The summed E-state index contributed by atoms with van der Waals surface area (Å²) in [5, 5.41) is 5.25. The molecule has 0 spiro atoms. The summed E-state index contributed by atoms with van der Waals surface area (Å²) in [5.41, 5.74) is 0. The van der Waals surface area contributed by atoms with Crippen LogP contribution in [0.15, 0.2) is 53.4 Å². The van der Waals surface area contributed by atoms with Crippen LogP contribution in [0.5, 0.6) is 11.5 Å². The minimum atomic E-state index is -3.83. The highest BCUT2D eigenvalue weighted by atomic mass is 35.5. The van der Waals surface area contributed by atoms with Gasteiger partial charge in [0, 0.05) is 11.6 Å². The second-order valence-corrected chi connectivity index (χ2v) is 9.12. The lowest BCUT2D eigenvalue weighted by molar-refractivity contribution is -0.121. The molecule has 2 aliphatic heterocycles. The van der Waals surface area contributed by atoms with Gasteiger partial charge in [-0.25, -0.2) is 13.2 Å². The Morgan fingerprint density at radius 3 is 2.21 bits per heavy atom. The number of nitrogens with zero attached hydrogens (tertiary/aromatic N) is 1. The zero-order valence-electron chi connectivity index (χ0n) is 15.2. The second kappa shape index (κ2) is 7.66. The lowest BCUT2D eigenvalue weighted by Gasteiger charge is -2.27. The molecule has 152 valence electrons. The molecule has 0 aromatic heterocycles. The van der Waals surface area contributed by atoms with Crippen LogP contribution in [0.25, 0.3) is 0 Å². The zero-order chi connectivity index (χ0) is 20.6. The maximum absolute atomic E-state index is 13.1. The third-order valence-corrected chi connectivity index (χ3v) is 7.11. The molecule has 2 saturated heterocycles. The smallest absolute Gasteiger partial charge is 0.322 e. The van der Waals surface area contributed by atoms with E-state index in [0.29, 0.717) is 29.4 Å². The van der Waals surface area contributed by atoms with Crippen molar-refractivity contribution in [1.82, 2.24) is 14.9 Å². The van der Waals surface area contributed by atoms with E-state index in [4.69, 9.17) is 16.3 Å². The molecule has 0 aliphatic carbocycles. The van der Waals surface area contributed by atoms with E-state index in [1.807, 2.05) is 0 Å². The Labute approximate surface area is 172 Å². The van der Waals surface area contributed by atoms with Crippen LogP contribution in [0, 0.1) is 0 Å². The average Bonchev–Trinajstić information content (AvgIpc) is 3.30. The van der Waals surface area contributed by atoms with Crippen molar-refractivity contribution in [3.05, 3.63) is 53.6 Å². The number of benzene rings is 2. The monoisotopic (exact) mass is 435 g/mol. The molecule has 10 heteroatoms. The first-order chi connectivity index (χ1) is 13.8. The van der Waals surface area contributed by atoms with Crippen molar-refractivity contribution in [3.63, 3.8) is 0 Å². The molecule has 2 aromatic carbocycles. The number of sulfonamides is 1. The second-order valence-electron chi connectivity index (χ2n) is 6.79. The normalized spacial score (nSPS) is 22.4. The Morgan fingerprint density at radius 1 is 1.00 bits per heavy atom. The van der Waals surface area contributed by atoms with Crippen molar-refractivity contribution >= 4 is 33.6 Å². The molecule has 3 amide bonds. The van der Waals surface area contributed by atoms with Gasteiger partial charge in [0.15, 0.2) is 0 Å². The van der Waals surface area contributed by atoms with Gasteiger partial charge in [-0.1, -0.05) is 11.6 Å². The number of urea groups is 1. The summed E-state index contributed by atoms with van der Waals surface area (Å²) < 4.78 is 33.2. The summed E-state index contributed by atoms with van der Waals surface area (Å²) in [5.74, 6) is 0.549. The Kier molecular flexibility index (Phi) is 5.20. The number of halogens is 1. The van der Waals surface area contributed by atoms with Gasteiger partial charge in [0.2, 0.25) is 10.0 Å². The van der Waals surface area contributed by atoms with Gasteiger partial charge in [-0.3, -0.25) is 10.1 Å². The van der Waals surface area contributed by atoms with Gasteiger partial charge >= 0.3 is 6.03 Å². The standard InChI is InChI=1S/C19H18ClN3O5S/c20-12-3-5-13(6-4-12)28-14-7-9-15(10-8-14)29(26,27)23-11-1-2-16(23)17-18(24)22-19(25)21-17/h3-10,16-17H,1-2,11H2,(H2,21,22,24,25)/t16-,17-/m1/s1. The van der Waals surface area contributed by atoms with Gasteiger partial charge < -0.3 is 10.1 Å². The van der Waals surface area contributed by atoms with Gasteiger partial charge in [0.25, 0.3) is 5.91 Å². The van der Waals surface area contributed by atoms with Crippen LogP contribution >= 0.6 is 11.6 Å². The summed E-state index contributed by atoms with van der Waals surface area (Å²) in [6.45, 7) is 0.287. The third-order valence-electron chi connectivity index (χ3n) is 4.92. The van der Waals surface area contributed by atoms with Crippen molar-refractivity contribution in [2.24, 2.45) is 0 Å². The Morgan fingerprint density at radius 2 is 1.62 bits per heavy atom. The van der Waals surface area contributed by atoms with Crippen molar-refractivity contribution in [1.29, 1.82) is 0 Å². The topological polar surface area (TPSA) is 105 Å². The number of carbonyl (C=O) groups is 2. The summed E-state index contributed by atoms with van der Waals surface area (Å²) >= 11 is 5.85. The molecule has 2 heterocycles. The fourth-order valence-electron chi connectivity index (χ4n) is 3.55. The maximum Gasteiger partial charge on any atom is 0.322 e. The fraction of sp³-hybridized carbons (Fsp3) is 0.263. The molecule has 2 N–H and O–H groups in total. The fourth-order valence-corrected chi connectivity index (χ4v) is 5.38. The lowest BCUT2D eigenvalue weighted by atomic mass is 10.1. The highest BCUT2D eigenvalue weighted by Crippen LogP contribution is 2.30. The largest absolute Gasteiger partial charge is 0.457 e. The first-order valence-corrected chi connectivity index (χ1v) is 10.8. The van der Waals surface area contributed by atoms with Gasteiger partial charge in [-0.2, -0.15) is 4.31 Å². The van der Waals surface area contributed by atoms with E-state index in [9.17, 15) is 18.0 Å². The number of imide groups is 1. The van der Waals surface area contributed by atoms with E-state index in [1.165, 1.54) is 16.4 Å². The molecule has 0 saturated carbocycles. The van der Waals surface area contributed by atoms with E-state index in [1.54, 1.807) is 36.4 Å². The number of nitrogens with one attached hydrogen (secondary N) is 2. The Balaban J connectivity index is 1.53. The molecular weight excluding hydrogens is 418 g/mol. The van der Waals surface area contributed by atoms with Crippen molar-refractivity contribution < 1.29 is 22.7 Å². The number of rotatable bonds is 5. The van der Waals surface area contributed by atoms with Crippen molar-refractivity contribution in [3.8, 4) is 11.5 Å². The number of carbonyl (C=O) groups excluding carboxylic acids is 2. The van der Waals surface area contributed by atoms with Crippen LogP contribution < -0.4 is 15.4 Å². The number of hydrogen-bond acceptors (Lipinski definition) is 5. The van der Waals surface area contributed by atoms with Crippen LogP contribution in [0.3, 0.4) is 0 Å². The summed E-state index contributed by atoms with van der Waals surface area (Å²) in [6, 6.07) is 10.8. The van der Waals surface area contributed by atoms with Gasteiger partial charge in [0.05, 0.1) is 10.9 Å². The van der Waals surface area contributed by atoms with Crippen molar-refractivity contribution in [2.45, 2.75) is 29.8 Å². The van der Waals surface area contributed by atoms with Crippen LogP contribution in [-0.2, 0) is 14.8 Å². The molecular formula is C19H18ClN3O5S. The van der Waals surface area contributed by atoms with E-state index in [-0.39, 0.29) is 11.4 Å². The highest BCUT2D eigenvalue weighted by molar-refractivity contribution is 7.89. The summed E-state index contributed by atoms with van der Waals surface area (Å²) in [4.78, 5) is 23.5. The predicted molar refractivity (Wildman–Crippen MR) is 105 cm³/mol. The molecule has 29 heavy (non-hydrogen) atoms. The average molecular weight is 436 g/mol. The van der Waals surface area contributed by atoms with Crippen LogP contribution in [0.4, 0.5) is 4.79 Å². The number of hydrogen-bond donors (Lipinski definition) is 2. The van der Waals surface area contributed by atoms with Crippen LogP contribution in [0.2, 0.25) is 5.02 Å². The zero-order valence-corrected chi connectivity index (χ0v) is 16.7. The van der Waals surface area contributed by atoms with E-state index in [2.05, 4.69) is 10.6 Å². The summed E-state index contributed by atoms with van der Waals surface area (Å²) in [7, 11) is -3.83. The lowest BCUT2D eigenvalue weighted by Crippen LogP contribution is -2.49. The SMILES string of the molecule is O=C1NC(=O)[C@@H]([C@H]2CCCN2S(=O)(=O)c2ccc(Oc3ccc(Cl)cc3)cc2)N1. The molecule has 4 rings (SSSR count). The molecule has 0 unspecified atom stereocenters. The van der Waals surface area contributed by atoms with E-state index in [0.717, 1.165) is 0 Å². The number of amides is 3. The number of ether oxygens (including phenoxy) is 1. The third kappa shape index (κ3) is 3.93. The quantitative estimate of drug-likeness (QED) is 0.702. The van der Waals surface area contributed by atoms with Crippen molar-refractivity contribution in [2.75, 3.05) is 6.54 Å². The first-order valence-electron chi connectivity index (χ1n) is 9.01. The van der Waals surface area contributed by atoms with Crippen LogP contribution in [-0.4, -0.2) is 43.3 Å². The van der Waals surface area contributed by atoms with Gasteiger partial charge in [-0.05, 0) is 61.4 Å². The maximum atomic E-state index is 13.1. The highest BCUT2D eigenvalue weighted by Gasteiger charge is 2.45. The molecule has 0 radical (unpaired) electrons.